The Morgan fingerprint density at radius 2 is 0.481 bits per heavy atom. The van der Waals surface area contributed by atoms with Crippen molar-refractivity contribution in [3.63, 3.8) is 0 Å². The molecule has 0 aliphatic heterocycles. The van der Waals surface area contributed by atoms with E-state index in [0.29, 0.717) is 0 Å². The lowest BCUT2D eigenvalue weighted by atomic mass is 9.60. The van der Waals surface area contributed by atoms with Gasteiger partial charge < -0.3 is 0 Å². The third-order valence-electron chi connectivity index (χ3n) is 22.8. The highest BCUT2D eigenvalue weighted by atomic mass is 14.9. The van der Waals surface area contributed by atoms with E-state index < -0.39 is 35.4 Å². The Morgan fingerprint density at radius 1 is 0.202 bits per heavy atom. The van der Waals surface area contributed by atoms with E-state index >= 15 is 0 Å². The molecule has 15 aromatic rings. The van der Waals surface area contributed by atoms with Crippen molar-refractivity contribution in [2.75, 3.05) is 0 Å². The number of aryl methyl sites for hydroxylation is 8. The normalized spacial score (nSPS) is 22.1. The number of nitrogens with zero attached hydrogens (tertiary/aromatic N) is 3. The number of benzene rings is 12. The SMILES string of the molecule is [2H]C12c3ccccc3C([2H])(c3ccccc31)c1c(C)cc(-c3cc[n+](C)c(-c4ccccc4C)c3)cc12.[2H]C12c3ccccc3C([2H])(c3ccccc31)c1cc(-c3cc[n+](C)c(-c4ccccc4C)c3)c(C)cc12.[2H]C12c3ccccc3C([2H])(c3ccccc31)c1cc(-c3cc[n+](C)c(-c4ccccc4C)c3)ccc12. The first-order valence-electron chi connectivity index (χ1n) is 39.4. The Bertz CT molecular complexity index is 6280. The molecule has 498 valence electrons. The summed E-state index contributed by atoms with van der Waals surface area (Å²) >= 11 is 0. The predicted molar refractivity (Wildman–Crippen MR) is 423 cm³/mol. The molecule has 3 heteroatoms. The van der Waals surface area contributed by atoms with Gasteiger partial charge in [0.25, 0.3) is 0 Å². The van der Waals surface area contributed by atoms with Crippen LogP contribution < -0.4 is 13.7 Å². The second kappa shape index (κ2) is 25.0. The van der Waals surface area contributed by atoms with Crippen LogP contribution in [0.25, 0.3) is 67.2 Å². The predicted octanol–water partition coefficient (Wildman–Crippen LogP) is 22.0. The van der Waals surface area contributed by atoms with E-state index in [0.717, 1.165) is 162 Å². The highest BCUT2D eigenvalue weighted by Crippen LogP contribution is 2.60. The van der Waals surface area contributed by atoms with Crippen LogP contribution in [0.5, 0.6) is 0 Å². The molecule has 0 atom stereocenters. The summed E-state index contributed by atoms with van der Waals surface area (Å²) in [7, 11) is 6.24. The molecular formula is C101H82N3+3. The highest BCUT2D eigenvalue weighted by Gasteiger charge is 2.45. The van der Waals surface area contributed by atoms with Gasteiger partial charge >= 0.3 is 0 Å². The third kappa shape index (κ3) is 10.0. The van der Waals surface area contributed by atoms with Gasteiger partial charge in [-0.05, 0) is 232 Å². The van der Waals surface area contributed by atoms with Crippen LogP contribution in [0.15, 0.2) is 316 Å². The molecule has 0 N–H and O–H groups in total. The monoisotopic (exact) mass is 1340 g/mol. The van der Waals surface area contributed by atoms with E-state index in [4.69, 9.17) is 0 Å². The Hall–Kier alpha value is -11.9. The summed E-state index contributed by atoms with van der Waals surface area (Å²) < 4.78 is 66.2. The van der Waals surface area contributed by atoms with Gasteiger partial charge in [0, 0.05) is 96.7 Å². The number of aromatic nitrogens is 3. The van der Waals surface area contributed by atoms with Gasteiger partial charge in [-0.3, -0.25) is 0 Å². The number of hydrogen-bond donors (Lipinski definition) is 0. The van der Waals surface area contributed by atoms with E-state index in [1.165, 1.54) is 33.4 Å². The summed E-state index contributed by atoms with van der Waals surface area (Å²) in [6.45, 7) is 10.7. The highest BCUT2D eigenvalue weighted by molar-refractivity contribution is 5.81. The molecule has 9 aliphatic rings. The largest absolute Gasteiger partial charge is 0.213 e. The van der Waals surface area contributed by atoms with Gasteiger partial charge in [0.05, 0.1) is 0 Å². The summed E-state index contributed by atoms with van der Waals surface area (Å²) in [6, 6.07) is 102. The topological polar surface area (TPSA) is 11.6 Å². The molecule has 3 nitrogen and oxygen atoms in total. The van der Waals surface area contributed by atoms with Crippen LogP contribution in [0.2, 0.25) is 0 Å². The van der Waals surface area contributed by atoms with Crippen molar-refractivity contribution in [2.24, 2.45) is 21.1 Å². The lowest BCUT2D eigenvalue weighted by Gasteiger charge is -2.43. The van der Waals surface area contributed by atoms with Crippen molar-refractivity contribution in [1.82, 2.24) is 0 Å². The first-order chi connectivity index (χ1) is 53.1. The van der Waals surface area contributed by atoms with Crippen LogP contribution in [0.1, 0.15) is 172 Å². The molecule has 0 amide bonds. The Kier molecular flexibility index (Phi) is 13.6. The fraction of sp³-hybridized carbons (Fsp3) is 0.139. The van der Waals surface area contributed by atoms with Crippen molar-refractivity contribution in [1.29, 1.82) is 0 Å². The molecule has 6 bridgehead atoms. The number of hydrogen-bond acceptors (Lipinski definition) is 0. The molecule has 12 aromatic carbocycles. The van der Waals surface area contributed by atoms with Crippen molar-refractivity contribution < 1.29 is 21.9 Å². The van der Waals surface area contributed by atoms with E-state index in [2.05, 4.69) is 240 Å². The zero-order valence-corrected chi connectivity index (χ0v) is 59.9. The summed E-state index contributed by atoms with van der Waals surface area (Å²) in [5.41, 5.74) is 36.3. The molecule has 0 saturated carbocycles. The van der Waals surface area contributed by atoms with Crippen LogP contribution in [0.3, 0.4) is 0 Å². The van der Waals surface area contributed by atoms with Crippen molar-refractivity contribution >= 4 is 0 Å². The molecule has 0 radical (unpaired) electrons. The standard InChI is InChI=1S/2C34H28N.C33H26N/c1-21-10-4-5-11-25(21)31-20-23(16-17-35(31)3)24-18-22(2)32-30(19-24)33-26-12-6-8-14-28(26)34(32)29-15-9-7-13-27(29)33;1-21-10-4-5-11-24(21)32-19-23(16-17-35(32)3)29-20-31-30(18-22(29)2)33-25-12-6-8-14-27(25)34(31)28-15-9-7-13-26(28)33;1-21-9-3-4-10-24(21)31-20-23(17-18-34(31)2)22-15-16-29-30(19-22)33-27-13-7-5-11-25(27)32(29)26-12-6-8-14-28(26)33/h2*4-20,33-34H,1-3H3;3-20,32-33H,1-2H3/q3*+1/i2*33D,34D;32D,33D. The minimum Gasteiger partial charge on any atom is -0.201 e. The van der Waals surface area contributed by atoms with E-state index in [1.54, 1.807) is 0 Å². The quantitative estimate of drug-likeness (QED) is 0.147. The summed E-state index contributed by atoms with van der Waals surface area (Å²) in [5.74, 6) is -6.21. The first-order valence-corrected chi connectivity index (χ1v) is 36.4. The van der Waals surface area contributed by atoms with Gasteiger partial charge in [0.1, 0.15) is 21.1 Å². The van der Waals surface area contributed by atoms with Crippen LogP contribution in [-0.2, 0) is 21.1 Å². The summed E-state index contributed by atoms with van der Waals surface area (Å²) in [6.07, 6.45) is 6.34. The molecule has 24 rings (SSSR count). The smallest absolute Gasteiger partial charge is 0.201 e. The molecule has 104 heavy (non-hydrogen) atoms. The lowest BCUT2D eigenvalue weighted by Crippen LogP contribution is -2.30. The van der Waals surface area contributed by atoms with E-state index in [1.807, 2.05) is 146 Å². The molecule has 0 saturated heterocycles. The zero-order valence-electron chi connectivity index (χ0n) is 65.9. The van der Waals surface area contributed by atoms with Crippen molar-refractivity contribution in [2.45, 2.75) is 70.0 Å². The van der Waals surface area contributed by atoms with Crippen LogP contribution in [0, 0.1) is 34.6 Å². The molecule has 0 unspecified atom stereocenters. The third-order valence-corrected chi connectivity index (χ3v) is 22.8. The maximum Gasteiger partial charge on any atom is 0.213 e. The Labute approximate surface area is 620 Å². The Balaban J connectivity index is 0.000000112. The van der Waals surface area contributed by atoms with Gasteiger partial charge in [-0.15, -0.1) is 0 Å². The van der Waals surface area contributed by atoms with Gasteiger partial charge in [0.15, 0.2) is 18.6 Å². The van der Waals surface area contributed by atoms with Gasteiger partial charge in [-0.1, -0.05) is 224 Å². The second-order valence-electron chi connectivity index (χ2n) is 28.9. The summed E-state index contributed by atoms with van der Waals surface area (Å²) in [5, 5.41) is 0. The zero-order chi connectivity index (χ0) is 75.7. The lowest BCUT2D eigenvalue weighted by molar-refractivity contribution is -0.660. The van der Waals surface area contributed by atoms with Gasteiger partial charge in [-0.25, -0.2) is 13.7 Å². The molecule has 3 heterocycles. The van der Waals surface area contributed by atoms with Crippen molar-refractivity contribution in [3.8, 4) is 67.2 Å². The van der Waals surface area contributed by atoms with Crippen LogP contribution in [-0.4, -0.2) is 0 Å². The molecule has 3 aromatic heterocycles. The molecule has 0 fully saturated rings. The number of rotatable bonds is 6. The second-order valence-corrected chi connectivity index (χ2v) is 28.9. The van der Waals surface area contributed by atoms with E-state index in [9.17, 15) is 8.22 Å². The minimum atomic E-state index is -1.05. The van der Waals surface area contributed by atoms with Crippen LogP contribution >= 0.6 is 0 Å². The average Bonchev–Trinajstić information content (AvgIpc) is 0.676. The minimum absolute atomic E-state index is 0.915. The van der Waals surface area contributed by atoms with Gasteiger partial charge in [0.2, 0.25) is 17.1 Å². The molecule has 0 spiro atoms. The molecule has 9 aliphatic carbocycles. The average molecular weight is 1340 g/mol. The fourth-order valence-electron chi connectivity index (χ4n) is 17.8. The molecular weight excluding hydrogens is 1260 g/mol. The number of pyridine rings is 3. The van der Waals surface area contributed by atoms with Crippen LogP contribution in [0.4, 0.5) is 0 Å². The maximum atomic E-state index is 10.0. The van der Waals surface area contributed by atoms with E-state index in [-0.39, 0.29) is 0 Å². The first kappa shape index (κ1) is 56.7. The van der Waals surface area contributed by atoms with Gasteiger partial charge in [-0.2, -0.15) is 0 Å². The maximum absolute atomic E-state index is 10.0. The Morgan fingerprint density at radius 3 is 0.875 bits per heavy atom. The van der Waals surface area contributed by atoms with Crippen molar-refractivity contribution in [3.05, 3.63) is 444 Å². The fourth-order valence-corrected chi connectivity index (χ4v) is 17.8. The summed E-state index contributed by atoms with van der Waals surface area (Å²) in [4.78, 5) is 0.